The number of benzene rings is 2. The molecule has 0 saturated heterocycles. The normalized spacial score (nSPS) is 13.2. The fraction of sp³-hybridized carbons (Fsp3) is 0.174. The Hall–Kier alpha value is -3.85. The topological polar surface area (TPSA) is 108 Å². The van der Waals surface area contributed by atoms with Crippen LogP contribution in [0.25, 0.3) is 22.3 Å². The van der Waals surface area contributed by atoms with Gasteiger partial charge in [0.05, 0.1) is 10.9 Å². The van der Waals surface area contributed by atoms with Crippen LogP contribution in [0, 0.1) is 4.77 Å². The lowest BCUT2D eigenvalue weighted by Crippen LogP contribution is -2.22. The van der Waals surface area contributed by atoms with E-state index in [9.17, 15) is 9.59 Å². The van der Waals surface area contributed by atoms with Crippen LogP contribution >= 0.6 is 12.2 Å². The van der Waals surface area contributed by atoms with Crippen LogP contribution in [-0.4, -0.2) is 30.6 Å². The highest BCUT2D eigenvalue weighted by atomic mass is 32.1. The van der Waals surface area contributed by atoms with Gasteiger partial charge in [-0.1, -0.05) is 6.08 Å². The molecule has 5 rings (SSSR count). The number of nitrogens with one attached hydrogen (secondary N) is 3. The predicted molar refractivity (Wildman–Crippen MR) is 125 cm³/mol. The van der Waals surface area contributed by atoms with E-state index in [2.05, 4.69) is 32.1 Å². The maximum Gasteiger partial charge on any atom is 0.262 e. The average Bonchev–Trinajstić information content (AvgIpc) is 3.53. The number of aromatic nitrogens is 5. The van der Waals surface area contributed by atoms with Crippen LogP contribution in [0.5, 0.6) is 0 Å². The number of carbonyl (C=O) groups excluding carboxylic acids is 1. The van der Waals surface area contributed by atoms with E-state index < -0.39 is 0 Å². The van der Waals surface area contributed by atoms with Crippen LogP contribution in [0.3, 0.4) is 0 Å². The van der Waals surface area contributed by atoms with Crippen LogP contribution in [-0.2, 0) is 6.54 Å². The van der Waals surface area contributed by atoms with Gasteiger partial charge in [-0.25, -0.2) is 4.98 Å². The number of anilines is 1. The van der Waals surface area contributed by atoms with Gasteiger partial charge < -0.3 is 10.3 Å². The Bertz CT molecular complexity index is 1460. The molecule has 8 nitrogen and oxygen atoms in total. The van der Waals surface area contributed by atoms with E-state index in [1.165, 1.54) is 4.57 Å². The second kappa shape index (κ2) is 8.01. The SMILES string of the molecule is C=CCn1c(=S)[nH]c2cc(C(=O)Nc3ccc(-c4n[nH]c(C5CC5)n4)cc3)ccc2c1=O. The molecule has 1 fully saturated rings. The summed E-state index contributed by atoms with van der Waals surface area (Å²) < 4.78 is 1.71. The molecule has 9 heteroatoms. The van der Waals surface area contributed by atoms with Crippen molar-refractivity contribution < 1.29 is 4.79 Å². The third-order valence-corrected chi connectivity index (χ3v) is 5.75. The molecule has 1 aliphatic carbocycles. The Labute approximate surface area is 188 Å². The highest BCUT2D eigenvalue weighted by Gasteiger charge is 2.27. The molecule has 1 amide bonds. The van der Waals surface area contributed by atoms with Crippen molar-refractivity contribution in [3.05, 3.63) is 81.6 Å². The largest absolute Gasteiger partial charge is 0.332 e. The zero-order chi connectivity index (χ0) is 22.2. The number of aromatic amines is 2. The second-order valence-corrected chi connectivity index (χ2v) is 8.13. The zero-order valence-corrected chi connectivity index (χ0v) is 17.9. The molecule has 2 aromatic carbocycles. The number of hydrogen-bond acceptors (Lipinski definition) is 5. The summed E-state index contributed by atoms with van der Waals surface area (Å²) in [5, 5.41) is 10.6. The van der Waals surface area contributed by atoms with Crippen LogP contribution in [0.4, 0.5) is 5.69 Å². The van der Waals surface area contributed by atoms with Gasteiger partial charge in [0.25, 0.3) is 11.5 Å². The summed E-state index contributed by atoms with van der Waals surface area (Å²) in [6.07, 6.45) is 3.92. The van der Waals surface area contributed by atoms with Crippen molar-refractivity contribution in [2.45, 2.75) is 25.3 Å². The van der Waals surface area contributed by atoms with Crippen molar-refractivity contribution in [3.63, 3.8) is 0 Å². The molecule has 4 aromatic rings. The monoisotopic (exact) mass is 444 g/mol. The average molecular weight is 445 g/mol. The number of fused-ring (bicyclic) bond motifs is 1. The molecule has 160 valence electrons. The summed E-state index contributed by atoms with van der Waals surface area (Å²) in [4.78, 5) is 32.9. The van der Waals surface area contributed by atoms with Crippen molar-refractivity contribution in [3.8, 4) is 11.4 Å². The molecular formula is C23H20N6O2S. The predicted octanol–water partition coefficient (Wildman–Crippen LogP) is 4.16. The Morgan fingerprint density at radius 3 is 2.75 bits per heavy atom. The van der Waals surface area contributed by atoms with Crippen molar-refractivity contribution in [1.29, 1.82) is 0 Å². The fourth-order valence-corrected chi connectivity index (χ4v) is 3.81. The van der Waals surface area contributed by atoms with Gasteiger partial charge in [0.2, 0.25) is 0 Å². The summed E-state index contributed by atoms with van der Waals surface area (Å²) in [6.45, 7) is 3.96. The third kappa shape index (κ3) is 3.78. The first kappa shape index (κ1) is 20.1. The van der Waals surface area contributed by atoms with E-state index in [0.29, 0.717) is 40.4 Å². The van der Waals surface area contributed by atoms with E-state index >= 15 is 0 Å². The summed E-state index contributed by atoms with van der Waals surface area (Å²) >= 11 is 5.26. The van der Waals surface area contributed by atoms with Gasteiger partial charge in [0.1, 0.15) is 5.82 Å². The maximum atomic E-state index is 12.8. The molecule has 0 radical (unpaired) electrons. The Morgan fingerprint density at radius 2 is 2.03 bits per heavy atom. The first-order valence-electron chi connectivity index (χ1n) is 10.3. The maximum absolute atomic E-state index is 12.8. The van der Waals surface area contributed by atoms with Crippen molar-refractivity contribution in [2.75, 3.05) is 5.32 Å². The molecule has 0 spiro atoms. The first-order chi connectivity index (χ1) is 15.5. The van der Waals surface area contributed by atoms with E-state index in [1.54, 1.807) is 24.3 Å². The van der Waals surface area contributed by atoms with Gasteiger partial charge >= 0.3 is 0 Å². The van der Waals surface area contributed by atoms with Crippen molar-refractivity contribution in [2.24, 2.45) is 0 Å². The van der Waals surface area contributed by atoms with Crippen molar-refractivity contribution >= 4 is 34.7 Å². The minimum atomic E-state index is -0.289. The summed E-state index contributed by atoms with van der Waals surface area (Å²) in [6, 6.07) is 12.2. The Kier molecular flexibility index (Phi) is 5.02. The quantitative estimate of drug-likeness (QED) is 0.306. The van der Waals surface area contributed by atoms with E-state index in [4.69, 9.17) is 12.2 Å². The van der Waals surface area contributed by atoms with Gasteiger partial charge in [-0.15, -0.1) is 6.58 Å². The molecule has 0 unspecified atom stereocenters. The molecule has 32 heavy (non-hydrogen) atoms. The fourth-order valence-electron chi connectivity index (χ4n) is 3.54. The van der Waals surface area contributed by atoms with Crippen molar-refractivity contribution in [1.82, 2.24) is 24.7 Å². The molecule has 0 atom stereocenters. The first-order valence-corrected chi connectivity index (χ1v) is 10.7. The van der Waals surface area contributed by atoms with Crippen LogP contribution in [0.15, 0.2) is 59.9 Å². The number of H-pyrrole nitrogens is 2. The zero-order valence-electron chi connectivity index (χ0n) is 17.1. The number of carbonyl (C=O) groups is 1. The molecule has 1 aliphatic rings. The summed E-state index contributed by atoms with van der Waals surface area (Å²) in [5.41, 5.74) is 2.23. The lowest BCUT2D eigenvalue weighted by molar-refractivity contribution is 0.102. The minimum Gasteiger partial charge on any atom is -0.332 e. The van der Waals surface area contributed by atoms with Gasteiger partial charge in [0.15, 0.2) is 10.6 Å². The molecule has 2 heterocycles. The standard InChI is InChI=1S/C23H20N6O2S/c1-2-11-29-22(31)17-10-7-15(12-18(17)25-23(29)32)21(30)24-16-8-5-14(6-9-16)20-26-19(27-28-20)13-3-4-13/h2,5-10,12-13H,1,3-4,11H2,(H,24,30)(H,25,32)(H,26,27,28). The summed E-state index contributed by atoms with van der Waals surface area (Å²) in [7, 11) is 0. The molecule has 0 bridgehead atoms. The van der Waals surface area contributed by atoms with Crippen LogP contribution in [0.2, 0.25) is 0 Å². The molecule has 3 N–H and O–H groups in total. The van der Waals surface area contributed by atoms with E-state index in [0.717, 1.165) is 24.2 Å². The van der Waals surface area contributed by atoms with Gasteiger partial charge in [-0.2, -0.15) is 5.10 Å². The molecule has 2 aromatic heterocycles. The Balaban J connectivity index is 1.35. The number of hydrogen-bond donors (Lipinski definition) is 3. The lowest BCUT2D eigenvalue weighted by Gasteiger charge is -2.09. The van der Waals surface area contributed by atoms with Gasteiger partial charge in [0, 0.05) is 29.3 Å². The van der Waals surface area contributed by atoms with E-state index in [1.807, 2.05) is 24.3 Å². The Morgan fingerprint density at radius 1 is 1.25 bits per heavy atom. The highest BCUT2D eigenvalue weighted by Crippen LogP contribution is 2.38. The lowest BCUT2D eigenvalue weighted by atomic mass is 10.1. The number of rotatable bonds is 6. The summed E-state index contributed by atoms with van der Waals surface area (Å²) in [5.74, 6) is 1.81. The number of allylic oxidation sites excluding steroid dienone is 1. The second-order valence-electron chi connectivity index (χ2n) is 7.74. The van der Waals surface area contributed by atoms with Crippen LogP contribution in [0.1, 0.15) is 34.9 Å². The third-order valence-electron chi connectivity index (χ3n) is 5.42. The highest BCUT2D eigenvalue weighted by molar-refractivity contribution is 7.71. The van der Waals surface area contributed by atoms with Gasteiger partial charge in [-0.05, 0) is 67.5 Å². The van der Waals surface area contributed by atoms with E-state index in [-0.39, 0.29) is 16.2 Å². The molecule has 1 saturated carbocycles. The van der Waals surface area contributed by atoms with Crippen LogP contribution < -0.4 is 10.9 Å². The molecule has 0 aliphatic heterocycles. The number of amides is 1. The molecular weight excluding hydrogens is 424 g/mol. The smallest absolute Gasteiger partial charge is 0.262 e. The number of nitrogens with zero attached hydrogens (tertiary/aromatic N) is 3. The minimum absolute atomic E-state index is 0.219. The van der Waals surface area contributed by atoms with Gasteiger partial charge in [-0.3, -0.25) is 19.3 Å².